The molecule has 3 heteroatoms. The van der Waals surface area contributed by atoms with Crippen LogP contribution >= 0.6 is 0 Å². The number of quaternary nitrogens is 1. The summed E-state index contributed by atoms with van der Waals surface area (Å²) in [7, 11) is 4.45. The SMILES string of the molecule is CCCCCCCCCCCCCCCCCCCC[N+](C)(C)CCO.[Br-]. The number of halogens is 1. The maximum atomic E-state index is 9.04. The zero-order valence-electron chi connectivity index (χ0n) is 19.1. The second-order valence-corrected chi connectivity index (χ2v) is 9.12. The Kier molecular flexibility index (Phi) is 24.9. The Morgan fingerprint density at radius 2 is 0.778 bits per heavy atom. The largest absolute Gasteiger partial charge is 1.00 e. The first kappa shape index (κ1) is 29.6. The molecule has 0 rings (SSSR count). The van der Waals surface area contributed by atoms with Crippen LogP contribution in [0.15, 0.2) is 0 Å². The second-order valence-electron chi connectivity index (χ2n) is 9.12. The highest BCUT2D eigenvalue weighted by Gasteiger charge is 2.12. The summed E-state index contributed by atoms with van der Waals surface area (Å²) < 4.78 is 0.968. The molecule has 2 nitrogen and oxygen atoms in total. The molecule has 166 valence electrons. The van der Waals surface area contributed by atoms with E-state index in [0.29, 0.717) is 6.61 Å². The van der Waals surface area contributed by atoms with Gasteiger partial charge in [0.2, 0.25) is 0 Å². The summed E-state index contributed by atoms with van der Waals surface area (Å²) in [5.74, 6) is 0. The van der Waals surface area contributed by atoms with Gasteiger partial charge in [-0.25, -0.2) is 0 Å². The number of aliphatic hydroxyl groups excluding tert-OH is 1. The summed E-state index contributed by atoms with van der Waals surface area (Å²) in [6, 6.07) is 0. The molecule has 0 aliphatic carbocycles. The molecule has 0 aliphatic heterocycles. The van der Waals surface area contributed by atoms with Gasteiger partial charge in [0, 0.05) is 0 Å². The minimum atomic E-state index is 0. The van der Waals surface area contributed by atoms with Gasteiger partial charge < -0.3 is 26.6 Å². The fourth-order valence-corrected chi connectivity index (χ4v) is 3.82. The highest BCUT2D eigenvalue weighted by Crippen LogP contribution is 2.14. The fourth-order valence-electron chi connectivity index (χ4n) is 3.82. The average molecular weight is 451 g/mol. The molecule has 0 radical (unpaired) electrons. The average Bonchev–Trinajstić information content (AvgIpc) is 2.60. The van der Waals surface area contributed by atoms with Crippen LogP contribution < -0.4 is 17.0 Å². The summed E-state index contributed by atoms with van der Waals surface area (Å²) in [6.07, 6.45) is 25.8. The molecule has 0 heterocycles. The Morgan fingerprint density at radius 3 is 1.07 bits per heavy atom. The molecule has 0 aliphatic rings. The first-order chi connectivity index (χ1) is 12.6. The third kappa shape index (κ3) is 24.4. The van der Waals surface area contributed by atoms with Crippen molar-refractivity contribution in [3.63, 3.8) is 0 Å². The van der Waals surface area contributed by atoms with Crippen molar-refractivity contribution in [1.82, 2.24) is 0 Å². The van der Waals surface area contributed by atoms with Crippen molar-refractivity contribution in [3.05, 3.63) is 0 Å². The van der Waals surface area contributed by atoms with Gasteiger partial charge in [0.15, 0.2) is 0 Å². The molecule has 0 fully saturated rings. The van der Waals surface area contributed by atoms with Gasteiger partial charge in [-0.1, -0.05) is 110 Å². The van der Waals surface area contributed by atoms with Crippen LogP contribution in [0, 0.1) is 0 Å². The third-order valence-electron chi connectivity index (χ3n) is 5.82. The molecule has 0 aromatic heterocycles. The Morgan fingerprint density at radius 1 is 0.481 bits per heavy atom. The lowest BCUT2D eigenvalue weighted by molar-refractivity contribution is -0.890. The van der Waals surface area contributed by atoms with E-state index in [0.717, 1.165) is 11.0 Å². The molecule has 0 bridgehead atoms. The standard InChI is InChI=1S/C24H52NO.BrH/c1-4-5-6-7-8-9-10-11-12-13-14-15-16-17-18-19-20-21-22-25(2,3)23-24-26;/h26H,4-24H2,1-3H3;1H/q+1;/p-1. The topological polar surface area (TPSA) is 20.2 Å². The number of aliphatic hydroxyl groups is 1. The minimum absolute atomic E-state index is 0. The Labute approximate surface area is 182 Å². The number of rotatable bonds is 21. The first-order valence-electron chi connectivity index (χ1n) is 12.1. The zero-order valence-corrected chi connectivity index (χ0v) is 20.7. The van der Waals surface area contributed by atoms with Crippen LogP contribution in [0.2, 0.25) is 0 Å². The van der Waals surface area contributed by atoms with Gasteiger partial charge in [0.1, 0.15) is 6.54 Å². The molecule has 0 saturated heterocycles. The molecule has 0 spiro atoms. The van der Waals surface area contributed by atoms with Crippen molar-refractivity contribution in [3.8, 4) is 0 Å². The van der Waals surface area contributed by atoms with Crippen LogP contribution in [0.3, 0.4) is 0 Å². The molecule has 0 amide bonds. The molecule has 0 unspecified atom stereocenters. The van der Waals surface area contributed by atoms with Crippen LogP contribution in [-0.4, -0.2) is 43.4 Å². The van der Waals surface area contributed by atoms with E-state index in [1.807, 2.05) is 0 Å². The van der Waals surface area contributed by atoms with Crippen LogP contribution in [0.25, 0.3) is 0 Å². The van der Waals surface area contributed by atoms with Gasteiger partial charge in [-0.2, -0.15) is 0 Å². The number of hydrogen-bond donors (Lipinski definition) is 1. The van der Waals surface area contributed by atoms with Gasteiger partial charge in [-0.15, -0.1) is 0 Å². The molecule has 0 atom stereocenters. The van der Waals surface area contributed by atoms with Crippen molar-refractivity contribution in [1.29, 1.82) is 0 Å². The molecular weight excluding hydrogens is 398 g/mol. The summed E-state index contributed by atoms with van der Waals surface area (Å²) in [6.45, 7) is 4.70. The van der Waals surface area contributed by atoms with Crippen molar-refractivity contribution < 1.29 is 26.6 Å². The summed E-state index contributed by atoms with van der Waals surface area (Å²) >= 11 is 0. The molecule has 1 N–H and O–H groups in total. The number of likely N-dealkylation sites (N-methyl/N-ethyl adjacent to an activating group) is 1. The smallest absolute Gasteiger partial charge is 0.102 e. The van der Waals surface area contributed by atoms with Gasteiger partial charge >= 0.3 is 0 Å². The van der Waals surface area contributed by atoms with E-state index >= 15 is 0 Å². The number of unbranched alkanes of at least 4 members (excludes halogenated alkanes) is 17. The number of nitrogens with zero attached hydrogens (tertiary/aromatic N) is 1. The van der Waals surface area contributed by atoms with E-state index < -0.39 is 0 Å². The molecule has 0 aromatic rings. The summed E-state index contributed by atoms with van der Waals surface area (Å²) in [5, 5.41) is 9.04. The van der Waals surface area contributed by atoms with E-state index in [2.05, 4.69) is 21.0 Å². The predicted octanol–water partition coefficient (Wildman–Crippen LogP) is 4.10. The van der Waals surface area contributed by atoms with Crippen LogP contribution in [0.4, 0.5) is 0 Å². The highest BCUT2D eigenvalue weighted by atomic mass is 79.9. The monoisotopic (exact) mass is 449 g/mol. The Balaban J connectivity index is 0. The van der Waals surface area contributed by atoms with E-state index in [1.54, 1.807) is 0 Å². The van der Waals surface area contributed by atoms with Crippen molar-refractivity contribution >= 4 is 0 Å². The second kappa shape index (κ2) is 22.7. The van der Waals surface area contributed by atoms with Crippen molar-refractivity contribution in [2.24, 2.45) is 0 Å². The van der Waals surface area contributed by atoms with Crippen LogP contribution in [-0.2, 0) is 0 Å². The van der Waals surface area contributed by atoms with Crippen LogP contribution in [0.1, 0.15) is 122 Å². The van der Waals surface area contributed by atoms with Gasteiger partial charge in [-0.3, -0.25) is 0 Å². The Bertz CT molecular complexity index is 271. The van der Waals surface area contributed by atoms with Crippen molar-refractivity contribution in [2.75, 3.05) is 33.8 Å². The maximum Gasteiger partial charge on any atom is 0.102 e. The lowest BCUT2D eigenvalue weighted by Gasteiger charge is -2.28. The van der Waals surface area contributed by atoms with Gasteiger partial charge in [0.25, 0.3) is 0 Å². The minimum Gasteiger partial charge on any atom is -1.00 e. The molecular formula is C24H52BrNO. The number of hydrogen-bond acceptors (Lipinski definition) is 1. The molecule has 0 aromatic carbocycles. The Hall–Kier alpha value is 0.400. The molecule has 27 heavy (non-hydrogen) atoms. The van der Waals surface area contributed by atoms with E-state index in [-0.39, 0.29) is 17.0 Å². The maximum absolute atomic E-state index is 9.04. The van der Waals surface area contributed by atoms with Crippen molar-refractivity contribution in [2.45, 2.75) is 122 Å². The normalized spacial score (nSPS) is 11.6. The zero-order chi connectivity index (χ0) is 19.3. The van der Waals surface area contributed by atoms with Crippen LogP contribution in [0.5, 0.6) is 0 Å². The molecule has 0 saturated carbocycles. The van der Waals surface area contributed by atoms with E-state index in [9.17, 15) is 0 Å². The fraction of sp³-hybridized carbons (Fsp3) is 1.00. The highest BCUT2D eigenvalue weighted by molar-refractivity contribution is 4.50. The van der Waals surface area contributed by atoms with Gasteiger partial charge in [-0.05, 0) is 12.8 Å². The first-order valence-corrected chi connectivity index (χ1v) is 12.1. The quantitative estimate of drug-likeness (QED) is 0.206. The van der Waals surface area contributed by atoms with E-state index in [4.69, 9.17) is 5.11 Å². The summed E-state index contributed by atoms with van der Waals surface area (Å²) in [4.78, 5) is 0. The van der Waals surface area contributed by atoms with E-state index in [1.165, 1.54) is 122 Å². The van der Waals surface area contributed by atoms with Gasteiger partial charge in [0.05, 0.1) is 27.2 Å². The lowest BCUT2D eigenvalue weighted by Crippen LogP contribution is -3.00. The summed E-state index contributed by atoms with van der Waals surface area (Å²) in [5.41, 5.74) is 0. The lowest BCUT2D eigenvalue weighted by atomic mass is 10.0. The predicted molar refractivity (Wildman–Crippen MR) is 118 cm³/mol. The third-order valence-corrected chi connectivity index (χ3v) is 5.82.